The number of hydrogen-bond donors (Lipinski definition) is 0. The summed E-state index contributed by atoms with van der Waals surface area (Å²) in [6, 6.07) is 0. The molecule has 16 heavy (non-hydrogen) atoms. The van der Waals surface area contributed by atoms with Crippen LogP contribution >= 0.6 is 0 Å². The van der Waals surface area contributed by atoms with E-state index >= 15 is 0 Å². The van der Waals surface area contributed by atoms with E-state index < -0.39 is 5.41 Å². The summed E-state index contributed by atoms with van der Waals surface area (Å²) in [7, 11) is 0. The fourth-order valence-electron chi connectivity index (χ4n) is 5.41. The Balaban J connectivity index is 2.21. The van der Waals surface area contributed by atoms with E-state index in [0.29, 0.717) is 12.3 Å². The largest absolute Gasteiger partial charge is 0.302 e. The summed E-state index contributed by atoms with van der Waals surface area (Å²) in [5, 5.41) is 0. The summed E-state index contributed by atoms with van der Waals surface area (Å²) < 4.78 is 0. The second-order valence-corrected chi connectivity index (χ2v) is 6.45. The quantitative estimate of drug-likeness (QED) is 0.503. The SMILES string of the molecule is CC1CC[C@]23CCC[C@]12CC(=O)[C@]3(C)C=O. The van der Waals surface area contributed by atoms with Gasteiger partial charge in [-0.15, -0.1) is 0 Å². The first-order valence-electron chi connectivity index (χ1n) is 6.52. The van der Waals surface area contributed by atoms with Gasteiger partial charge in [-0.3, -0.25) is 4.79 Å². The summed E-state index contributed by atoms with van der Waals surface area (Å²) in [5.74, 6) is 0.842. The molecular formula is C14H20O2. The second-order valence-electron chi connectivity index (χ2n) is 6.45. The molecule has 3 aliphatic rings. The van der Waals surface area contributed by atoms with Gasteiger partial charge in [-0.1, -0.05) is 13.3 Å². The smallest absolute Gasteiger partial charge is 0.147 e. The summed E-state index contributed by atoms with van der Waals surface area (Å²) in [4.78, 5) is 23.8. The monoisotopic (exact) mass is 220 g/mol. The van der Waals surface area contributed by atoms with Crippen molar-refractivity contribution in [2.45, 2.75) is 52.4 Å². The van der Waals surface area contributed by atoms with E-state index in [2.05, 4.69) is 6.92 Å². The molecule has 0 aromatic carbocycles. The molecular weight excluding hydrogens is 200 g/mol. The summed E-state index contributed by atoms with van der Waals surface area (Å²) in [6.45, 7) is 4.20. The number of hydrogen-bond acceptors (Lipinski definition) is 2. The minimum Gasteiger partial charge on any atom is -0.302 e. The maximum Gasteiger partial charge on any atom is 0.147 e. The highest BCUT2D eigenvalue weighted by atomic mass is 16.1. The predicted molar refractivity (Wildman–Crippen MR) is 60.9 cm³/mol. The molecule has 0 heterocycles. The van der Waals surface area contributed by atoms with Gasteiger partial charge >= 0.3 is 0 Å². The molecule has 0 amide bonds. The third-order valence-corrected chi connectivity index (χ3v) is 6.41. The number of aldehydes is 1. The molecule has 2 nitrogen and oxygen atoms in total. The van der Waals surface area contributed by atoms with Crippen LogP contribution in [0.2, 0.25) is 0 Å². The second kappa shape index (κ2) is 2.77. The van der Waals surface area contributed by atoms with Crippen molar-refractivity contribution in [3.05, 3.63) is 0 Å². The molecule has 4 atom stereocenters. The Morgan fingerprint density at radius 2 is 2.06 bits per heavy atom. The Hall–Kier alpha value is -0.660. The zero-order valence-corrected chi connectivity index (χ0v) is 10.2. The maximum atomic E-state index is 12.3. The third kappa shape index (κ3) is 0.771. The van der Waals surface area contributed by atoms with Crippen LogP contribution in [-0.2, 0) is 9.59 Å². The molecule has 3 saturated carbocycles. The van der Waals surface area contributed by atoms with Crippen LogP contribution in [0.3, 0.4) is 0 Å². The van der Waals surface area contributed by atoms with Gasteiger partial charge in [-0.25, -0.2) is 0 Å². The lowest BCUT2D eigenvalue weighted by atomic mass is 9.59. The van der Waals surface area contributed by atoms with Crippen LogP contribution in [0.1, 0.15) is 52.4 Å². The van der Waals surface area contributed by atoms with E-state index in [-0.39, 0.29) is 16.6 Å². The highest BCUT2D eigenvalue weighted by molar-refractivity contribution is 6.02. The minimum absolute atomic E-state index is 0.0260. The first-order chi connectivity index (χ1) is 7.52. The van der Waals surface area contributed by atoms with Crippen molar-refractivity contribution in [3.63, 3.8) is 0 Å². The van der Waals surface area contributed by atoms with E-state index in [1.165, 1.54) is 19.3 Å². The van der Waals surface area contributed by atoms with Crippen molar-refractivity contribution >= 4 is 12.1 Å². The molecule has 0 saturated heterocycles. The van der Waals surface area contributed by atoms with Gasteiger partial charge in [0, 0.05) is 6.42 Å². The van der Waals surface area contributed by atoms with Crippen LogP contribution < -0.4 is 0 Å². The van der Waals surface area contributed by atoms with Crippen molar-refractivity contribution in [2.24, 2.45) is 22.2 Å². The number of ketones is 1. The lowest BCUT2D eigenvalue weighted by Gasteiger charge is -2.42. The average molecular weight is 220 g/mol. The Labute approximate surface area is 96.8 Å². The molecule has 0 bridgehead atoms. The zero-order chi connectivity index (χ0) is 11.6. The van der Waals surface area contributed by atoms with Crippen LogP contribution in [0.15, 0.2) is 0 Å². The predicted octanol–water partition coefficient (Wildman–Crippen LogP) is 2.75. The fourth-order valence-corrected chi connectivity index (χ4v) is 5.41. The Morgan fingerprint density at radius 3 is 2.75 bits per heavy atom. The first-order valence-corrected chi connectivity index (χ1v) is 6.52. The molecule has 3 aliphatic carbocycles. The lowest BCUT2D eigenvalue weighted by Crippen LogP contribution is -2.43. The summed E-state index contributed by atoms with van der Waals surface area (Å²) in [5.41, 5.74) is -0.466. The molecule has 88 valence electrons. The van der Waals surface area contributed by atoms with Gasteiger partial charge in [0.05, 0.1) is 5.41 Å². The first kappa shape index (κ1) is 10.5. The number of carbonyl (C=O) groups is 2. The minimum atomic E-state index is -0.672. The molecule has 1 unspecified atom stereocenters. The van der Waals surface area contributed by atoms with Gasteiger partial charge in [-0.2, -0.15) is 0 Å². The molecule has 0 spiro atoms. The molecule has 2 heteroatoms. The molecule has 3 fully saturated rings. The van der Waals surface area contributed by atoms with Gasteiger partial charge in [0.25, 0.3) is 0 Å². The van der Waals surface area contributed by atoms with Gasteiger partial charge in [0.2, 0.25) is 0 Å². The van der Waals surface area contributed by atoms with Gasteiger partial charge in [0.15, 0.2) is 0 Å². The molecule has 0 aromatic rings. The van der Waals surface area contributed by atoms with Crippen molar-refractivity contribution in [1.82, 2.24) is 0 Å². The third-order valence-electron chi connectivity index (χ3n) is 6.41. The topological polar surface area (TPSA) is 34.1 Å². The average Bonchev–Trinajstić information content (AvgIpc) is 2.80. The van der Waals surface area contributed by atoms with Gasteiger partial charge in [-0.05, 0) is 49.4 Å². The standard InChI is InChI=1S/C14H20O2/c1-10-4-7-14-6-3-5-13(10,14)8-11(16)12(14,2)9-15/h9-10H,3-8H2,1-2H3/t10?,12-,13-,14-/m0/s1. The van der Waals surface area contributed by atoms with E-state index in [4.69, 9.17) is 0 Å². The summed E-state index contributed by atoms with van der Waals surface area (Å²) >= 11 is 0. The van der Waals surface area contributed by atoms with Gasteiger partial charge in [0.1, 0.15) is 12.1 Å². The van der Waals surface area contributed by atoms with Crippen molar-refractivity contribution in [2.75, 3.05) is 0 Å². The van der Waals surface area contributed by atoms with E-state index in [1.807, 2.05) is 6.92 Å². The van der Waals surface area contributed by atoms with Gasteiger partial charge < -0.3 is 4.79 Å². The number of carbonyl (C=O) groups excluding carboxylic acids is 2. The fraction of sp³-hybridized carbons (Fsp3) is 0.857. The van der Waals surface area contributed by atoms with Crippen LogP contribution in [-0.4, -0.2) is 12.1 Å². The Bertz CT molecular complexity index is 375. The van der Waals surface area contributed by atoms with Crippen molar-refractivity contribution in [3.8, 4) is 0 Å². The number of Topliss-reactive ketones (excluding diaryl/α,β-unsaturated/α-hetero) is 1. The van der Waals surface area contributed by atoms with Crippen LogP contribution in [0.25, 0.3) is 0 Å². The maximum absolute atomic E-state index is 12.3. The highest BCUT2D eigenvalue weighted by Crippen LogP contribution is 2.76. The molecule has 0 N–H and O–H groups in total. The molecule has 0 radical (unpaired) electrons. The van der Waals surface area contributed by atoms with E-state index in [1.54, 1.807) is 0 Å². The van der Waals surface area contributed by atoms with Crippen molar-refractivity contribution in [1.29, 1.82) is 0 Å². The zero-order valence-electron chi connectivity index (χ0n) is 10.2. The van der Waals surface area contributed by atoms with Crippen LogP contribution in [0.4, 0.5) is 0 Å². The Morgan fingerprint density at radius 1 is 1.31 bits per heavy atom. The normalized spacial score (nSPS) is 55.1. The number of rotatable bonds is 1. The molecule has 0 aliphatic heterocycles. The highest BCUT2D eigenvalue weighted by Gasteiger charge is 2.74. The van der Waals surface area contributed by atoms with Crippen molar-refractivity contribution < 1.29 is 9.59 Å². The molecule has 0 aromatic heterocycles. The van der Waals surface area contributed by atoms with Crippen LogP contribution in [0, 0.1) is 22.2 Å². The van der Waals surface area contributed by atoms with E-state index in [0.717, 1.165) is 19.1 Å². The lowest BCUT2D eigenvalue weighted by molar-refractivity contribution is -0.137. The Kier molecular flexibility index (Phi) is 1.82. The summed E-state index contributed by atoms with van der Waals surface area (Å²) in [6.07, 6.45) is 7.42. The van der Waals surface area contributed by atoms with E-state index in [9.17, 15) is 9.59 Å². The van der Waals surface area contributed by atoms with Crippen LogP contribution in [0.5, 0.6) is 0 Å². The molecule has 3 rings (SSSR count).